The lowest BCUT2D eigenvalue weighted by molar-refractivity contribution is 0.0562. The first-order chi connectivity index (χ1) is 8.88. The second-order valence-corrected chi connectivity index (χ2v) is 5.84. The Labute approximate surface area is 109 Å². The Kier molecular flexibility index (Phi) is 3.23. The largest absolute Gasteiger partial charge is 0.497 e. The van der Waals surface area contributed by atoms with Crippen molar-refractivity contribution in [2.75, 3.05) is 20.5 Å². The molecule has 0 aliphatic heterocycles. The number of sulfone groups is 1. The topological polar surface area (TPSA) is 82.8 Å². The fourth-order valence-electron chi connectivity index (χ4n) is 1.78. The Morgan fingerprint density at radius 3 is 2.47 bits per heavy atom. The number of ether oxygens (including phenoxy) is 2. The van der Waals surface area contributed by atoms with Crippen LogP contribution in [0.3, 0.4) is 0 Å². The Morgan fingerprint density at radius 1 is 1.26 bits per heavy atom. The van der Waals surface area contributed by atoms with Crippen LogP contribution in [0.2, 0.25) is 0 Å². The molecule has 19 heavy (non-hydrogen) atoms. The van der Waals surface area contributed by atoms with E-state index in [-0.39, 0.29) is 16.2 Å². The highest BCUT2D eigenvalue weighted by molar-refractivity contribution is 7.91. The van der Waals surface area contributed by atoms with Crippen LogP contribution in [0, 0.1) is 0 Å². The zero-order valence-electron chi connectivity index (χ0n) is 10.6. The molecule has 1 aromatic heterocycles. The average Bonchev–Trinajstić information content (AvgIpc) is 2.75. The van der Waals surface area contributed by atoms with Gasteiger partial charge in [-0.25, -0.2) is 13.2 Å². The normalized spacial score (nSPS) is 11.5. The molecule has 0 fully saturated rings. The second-order valence-electron chi connectivity index (χ2n) is 3.89. The number of carbonyl (C=O) groups excluding carboxylic acids is 1. The van der Waals surface area contributed by atoms with E-state index in [0.717, 1.165) is 13.4 Å². The van der Waals surface area contributed by atoms with Gasteiger partial charge in [0.05, 0.1) is 14.2 Å². The zero-order valence-corrected chi connectivity index (χ0v) is 11.4. The fraction of sp³-hybridized carbons (Fsp3) is 0.250. The first-order valence-electron chi connectivity index (χ1n) is 5.27. The van der Waals surface area contributed by atoms with Crippen molar-refractivity contribution >= 4 is 26.8 Å². The highest BCUT2D eigenvalue weighted by atomic mass is 32.2. The predicted octanol–water partition coefficient (Wildman–Crippen LogP) is 1.63. The Balaban J connectivity index is 2.84. The van der Waals surface area contributed by atoms with Crippen molar-refractivity contribution in [3.05, 3.63) is 24.0 Å². The molecule has 0 N–H and O–H groups in total. The summed E-state index contributed by atoms with van der Waals surface area (Å²) in [5.74, 6) is -0.665. The number of benzene rings is 1. The summed E-state index contributed by atoms with van der Waals surface area (Å²) in [6, 6.07) is 4.63. The lowest BCUT2D eigenvalue weighted by Gasteiger charge is -1.99. The van der Waals surface area contributed by atoms with Crippen molar-refractivity contribution in [1.29, 1.82) is 0 Å². The molecule has 0 bridgehead atoms. The highest BCUT2D eigenvalue weighted by Crippen LogP contribution is 2.32. The molecule has 1 heterocycles. The lowest BCUT2D eigenvalue weighted by atomic mass is 10.2. The first-order valence-corrected chi connectivity index (χ1v) is 7.16. The van der Waals surface area contributed by atoms with Gasteiger partial charge in [-0.05, 0) is 12.1 Å². The molecule has 6 nitrogen and oxygen atoms in total. The van der Waals surface area contributed by atoms with E-state index in [4.69, 9.17) is 9.15 Å². The summed E-state index contributed by atoms with van der Waals surface area (Å²) in [5, 5.41) is 0.323. The fourth-order valence-corrected chi connectivity index (χ4v) is 2.81. The number of rotatable bonds is 3. The van der Waals surface area contributed by atoms with Gasteiger partial charge < -0.3 is 13.9 Å². The quantitative estimate of drug-likeness (QED) is 0.797. The third-order valence-corrected chi connectivity index (χ3v) is 3.74. The molecular formula is C12H12O6S. The lowest BCUT2D eigenvalue weighted by Crippen LogP contribution is -2.07. The standard InChI is InChI=1S/C12H12O6S/c1-16-7-4-5-8-9(6-7)18-10(12(13)17-2)11(8)19(3,14)15/h4-6H,1-3H3. The molecule has 0 aliphatic rings. The minimum atomic E-state index is -3.63. The van der Waals surface area contributed by atoms with Crippen LogP contribution in [0.15, 0.2) is 27.5 Å². The minimum absolute atomic E-state index is 0.169. The zero-order chi connectivity index (χ0) is 14.2. The summed E-state index contributed by atoms with van der Waals surface area (Å²) >= 11 is 0. The molecule has 0 amide bonds. The summed E-state index contributed by atoms with van der Waals surface area (Å²) < 4.78 is 38.4. The van der Waals surface area contributed by atoms with E-state index < -0.39 is 15.8 Å². The summed E-state index contributed by atoms with van der Waals surface area (Å²) in [5.41, 5.74) is 0.250. The van der Waals surface area contributed by atoms with Crippen LogP contribution < -0.4 is 4.74 Å². The van der Waals surface area contributed by atoms with Crippen molar-refractivity contribution in [3.63, 3.8) is 0 Å². The molecule has 0 saturated carbocycles. The molecule has 0 spiro atoms. The van der Waals surface area contributed by atoms with Crippen molar-refractivity contribution in [1.82, 2.24) is 0 Å². The SMILES string of the molecule is COC(=O)c1oc2cc(OC)ccc2c1S(C)(=O)=O. The highest BCUT2D eigenvalue weighted by Gasteiger charge is 2.28. The maximum absolute atomic E-state index is 11.8. The third-order valence-electron chi connectivity index (χ3n) is 2.59. The van der Waals surface area contributed by atoms with Gasteiger partial charge in [-0.2, -0.15) is 0 Å². The van der Waals surface area contributed by atoms with Gasteiger partial charge in [0.25, 0.3) is 0 Å². The second kappa shape index (κ2) is 4.58. The molecule has 0 unspecified atom stereocenters. The van der Waals surface area contributed by atoms with Crippen molar-refractivity contribution in [3.8, 4) is 5.75 Å². The molecule has 0 aliphatic carbocycles. The molecule has 2 rings (SSSR count). The Morgan fingerprint density at radius 2 is 1.95 bits per heavy atom. The summed E-state index contributed by atoms with van der Waals surface area (Å²) in [7, 11) is -0.997. The molecular weight excluding hydrogens is 272 g/mol. The van der Waals surface area contributed by atoms with Gasteiger partial charge in [-0.15, -0.1) is 0 Å². The monoisotopic (exact) mass is 284 g/mol. The summed E-state index contributed by atoms with van der Waals surface area (Å²) in [6.07, 6.45) is 1.01. The number of furan rings is 1. The van der Waals surface area contributed by atoms with Crippen LogP contribution in [0.4, 0.5) is 0 Å². The van der Waals surface area contributed by atoms with Crippen molar-refractivity contribution in [2.45, 2.75) is 4.90 Å². The molecule has 102 valence electrons. The predicted molar refractivity (Wildman–Crippen MR) is 67.2 cm³/mol. The van der Waals surface area contributed by atoms with Crippen LogP contribution in [0.5, 0.6) is 5.75 Å². The maximum atomic E-state index is 11.8. The third kappa shape index (κ3) is 2.28. The van der Waals surface area contributed by atoms with Crippen LogP contribution in [0.1, 0.15) is 10.6 Å². The van der Waals surface area contributed by atoms with E-state index in [0.29, 0.717) is 11.1 Å². The molecule has 7 heteroatoms. The minimum Gasteiger partial charge on any atom is -0.497 e. The van der Waals surface area contributed by atoms with E-state index >= 15 is 0 Å². The van der Waals surface area contributed by atoms with Gasteiger partial charge >= 0.3 is 5.97 Å². The number of hydrogen-bond donors (Lipinski definition) is 0. The van der Waals surface area contributed by atoms with Gasteiger partial charge in [-0.3, -0.25) is 0 Å². The van der Waals surface area contributed by atoms with Crippen LogP contribution in [-0.2, 0) is 14.6 Å². The molecule has 0 atom stereocenters. The number of carbonyl (C=O) groups is 1. The van der Waals surface area contributed by atoms with Gasteiger partial charge in [0.15, 0.2) is 9.84 Å². The Bertz CT molecular complexity index is 741. The van der Waals surface area contributed by atoms with Gasteiger partial charge in [-0.1, -0.05) is 0 Å². The Hall–Kier alpha value is -2.02. The van der Waals surface area contributed by atoms with E-state index in [1.165, 1.54) is 19.2 Å². The number of hydrogen-bond acceptors (Lipinski definition) is 6. The van der Waals surface area contributed by atoms with Crippen molar-refractivity contribution < 1.29 is 27.1 Å². The van der Waals surface area contributed by atoms with E-state index in [9.17, 15) is 13.2 Å². The maximum Gasteiger partial charge on any atom is 0.375 e. The van der Waals surface area contributed by atoms with Crippen LogP contribution in [-0.4, -0.2) is 34.9 Å². The van der Waals surface area contributed by atoms with E-state index in [1.54, 1.807) is 6.07 Å². The summed E-state index contributed by atoms with van der Waals surface area (Å²) in [6.45, 7) is 0. The van der Waals surface area contributed by atoms with Crippen molar-refractivity contribution in [2.24, 2.45) is 0 Å². The number of methoxy groups -OCH3 is 2. The van der Waals surface area contributed by atoms with Gasteiger partial charge in [0.1, 0.15) is 16.2 Å². The summed E-state index contributed by atoms with van der Waals surface area (Å²) in [4.78, 5) is 11.4. The van der Waals surface area contributed by atoms with E-state index in [1.807, 2.05) is 0 Å². The molecule has 0 radical (unpaired) electrons. The van der Waals surface area contributed by atoms with Crippen LogP contribution >= 0.6 is 0 Å². The smallest absolute Gasteiger partial charge is 0.375 e. The number of esters is 1. The van der Waals surface area contributed by atoms with Gasteiger partial charge in [0.2, 0.25) is 5.76 Å². The molecule has 2 aromatic rings. The molecule has 1 aromatic carbocycles. The average molecular weight is 284 g/mol. The van der Waals surface area contributed by atoms with Crippen LogP contribution in [0.25, 0.3) is 11.0 Å². The molecule has 0 saturated heterocycles. The van der Waals surface area contributed by atoms with E-state index in [2.05, 4.69) is 4.74 Å². The first kappa shape index (κ1) is 13.4. The van der Waals surface area contributed by atoms with Gasteiger partial charge in [0, 0.05) is 17.7 Å². The number of fused-ring (bicyclic) bond motifs is 1.